The van der Waals surface area contributed by atoms with Gasteiger partial charge >= 0.3 is 6.03 Å². The van der Waals surface area contributed by atoms with E-state index in [0.29, 0.717) is 11.3 Å². The van der Waals surface area contributed by atoms with E-state index in [0.717, 1.165) is 31.7 Å². The molecule has 0 aromatic carbocycles. The summed E-state index contributed by atoms with van der Waals surface area (Å²) in [6, 6.07) is 7.17. The average Bonchev–Trinajstić information content (AvgIpc) is 2.63. The molecule has 0 aliphatic carbocycles. The first kappa shape index (κ1) is 16.9. The van der Waals surface area contributed by atoms with Crippen LogP contribution in [0, 0.1) is 0 Å². The third-order valence-electron chi connectivity index (χ3n) is 4.23. The monoisotopic (exact) mass is 339 g/mol. The lowest BCUT2D eigenvalue weighted by atomic mass is 10.1. The molecule has 1 aliphatic rings. The summed E-state index contributed by atoms with van der Waals surface area (Å²) in [5, 5.41) is 5.77. The number of Topliss-reactive ketones (excluding diaryl/α,β-unsaturated/α-hetero) is 1. The number of nitrogens with zero attached hydrogens (tertiary/aromatic N) is 3. The maximum atomic E-state index is 12.0. The van der Waals surface area contributed by atoms with E-state index in [-0.39, 0.29) is 17.9 Å². The van der Waals surface area contributed by atoms with Crippen molar-refractivity contribution in [1.82, 2.24) is 15.3 Å². The van der Waals surface area contributed by atoms with Gasteiger partial charge in [0.15, 0.2) is 5.78 Å². The van der Waals surface area contributed by atoms with Crippen LogP contribution in [0.4, 0.5) is 16.3 Å². The summed E-state index contributed by atoms with van der Waals surface area (Å²) in [7, 11) is 0. The normalized spacial score (nSPS) is 14.8. The molecule has 0 unspecified atom stereocenters. The number of carbonyl (C=O) groups is 2. The van der Waals surface area contributed by atoms with Gasteiger partial charge in [-0.05, 0) is 44.0 Å². The number of urea groups is 1. The highest BCUT2D eigenvalue weighted by atomic mass is 16.2. The van der Waals surface area contributed by atoms with Crippen molar-refractivity contribution in [3.63, 3.8) is 0 Å². The van der Waals surface area contributed by atoms with Gasteiger partial charge in [0.1, 0.15) is 5.82 Å². The second-order valence-electron chi connectivity index (χ2n) is 6.06. The van der Waals surface area contributed by atoms with E-state index < -0.39 is 0 Å². The number of hydrogen-bond acceptors (Lipinski definition) is 5. The second-order valence-corrected chi connectivity index (χ2v) is 6.06. The van der Waals surface area contributed by atoms with Gasteiger partial charge in [-0.3, -0.25) is 9.78 Å². The molecule has 7 heteroatoms. The lowest BCUT2D eigenvalue weighted by Gasteiger charge is -2.33. The highest BCUT2D eigenvalue weighted by Crippen LogP contribution is 2.18. The lowest BCUT2D eigenvalue weighted by molar-refractivity contribution is 0.101. The Morgan fingerprint density at radius 2 is 1.96 bits per heavy atom. The average molecular weight is 339 g/mol. The Balaban J connectivity index is 1.48. The van der Waals surface area contributed by atoms with Crippen LogP contribution in [-0.2, 0) is 0 Å². The van der Waals surface area contributed by atoms with Crippen LogP contribution in [0.15, 0.2) is 42.9 Å². The molecule has 1 aliphatic heterocycles. The standard InChI is InChI=1S/C18H21N5O2/c1-13(24)14-4-5-17(20-11-14)23-9-6-15(7-10-23)21-18(25)22-16-3-2-8-19-12-16/h2-5,8,11-12,15H,6-7,9-10H2,1H3,(H2,21,22,25). The first-order valence-corrected chi connectivity index (χ1v) is 8.31. The van der Waals surface area contributed by atoms with Gasteiger partial charge in [-0.1, -0.05) is 0 Å². The predicted octanol–water partition coefficient (Wildman–Crippen LogP) is 2.47. The molecule has 1 fully saturated rings. The highest BCUT2D eigenvalue weighted by Gasteiger charge is 2.21. The Bertz CT molecular complexity index is 725. The molecule has 2 aromatic heterocycles. The van der Waals surface area contributed by atoms with Crippen LogP contribution in [-0.4, -0.2) is 40.9 Å². The molecule has 2 amide bonds. The van der Waals surface area contributed by atoms with Crippen molar-refractivity contribution in [3.05, 3.63) is 48.4 Å². The molecule has 0 saturated carbocycles. The smallest absolute Gasteiger partial charge is 0.319 e. The minimum absolute atomic E-state index is 0.0154. The minimum Gasteiger partial charge on any atom is -0.356 e. The van der Waals surface area contributed by atoms with Crippen molar-refractivity contribution in [3.8, 4) is 0 Å². The van der Waals surface area contributed by atoms with Crippen LogP contribution in [0.5, 0.6) is 0 Å². The van der Waals surface area contributed by atoms with Crippen molar-refractivity contribution < 1.29 is 9.59 Å². The van der Waals surface area contributed by atoms with Crippen LogP contribution in [0.1, 0.15) is 30.1 Å². The second kappa shape index (κ2) is 7.74. The van der Waals surface area contributed by atoms with Crippen molar-refractivity contribution in [2.75, 3.05) is 23.3 Å². The predicted molar refractivity (Wildman–Crippen MR) is 95.9 cm³/mol. The molecular formula is C18H21N5O2. The zero-order valence-electron chi connectivity index (χ0n) is 14.1. The first-order chi connectivity index (χ1) is 12.1. The van der Waals surface area contributed by atoms with Crippen LogP contribution >= 0.6 is 0 Å². The van der Waals surface area contributed by atoms with Gasteiger partial charge in [0.25, 0.3) is 0 Å². The molecule has 7 nitrogen and oxygen atoms in total. The van der Waals surface area contributed by atoms with Gasteiger partial charge in [0.2, 0.25) is 0 Å². The molecule has 0 atom stereocenters. The van der Waals surface area contributed by atoms with Gasteiger partial charge in [0.05, 0.1) is 11.9 Å². The number of hydrogen-bond donors (Lipinski definition) is 2. The van der Waals surface area contributed by atoms with E-state index in [1.165, 1.54) is 6.92 Å². The Hall–Kier alpha value is -2.96. The fraction of sp³-hybridized carbons (Fsp3) is 0.333. The fourth-order valence-electron chi connectivity index (χ4n) is 2.82. The quantitative estimate of drug-likeness (QED) is 0.836. The summed E-state index contributed by atoms with van der Waals surface area (Å²) in [5.41, 5.74) is 1.29. The highest BCUT2D eigenvalue weighted by molar-refractivity contribution is 5.93. The molecule has 130 valence electrons. The zero-order chi connectivity index (χ0) is 17.6. The molecule has 0 spiro atoms. The number of piperidine rings is 1. The zero-order valence-corrected chi connectivity index (χ0v) is 14.1. The number of anilines is 2. The molecule has 2 aromatic rings. The van der Waals surface area contributed by atoms with Gasteiger partial charge in [-0.25, -0.2) is 9.78 Å². The number of nitrogens with one attached hydrogen (secondary N) is 2. The number of ketones is 1. The van der Waals surface area contributed by atoms with Crippen molar-refractivity contribution >= 4 is 23.3 Å². The van der Waals surface area contributed by atoms with Gasteiger partial charge in [0, 0.05) is 37.1 Å². The van der Waals surface area contributed by atoms with Crippen molar-refractivity contribution in [1.29, 1.82) is 0 Å². The van der Waals surface area contributed by atoms with Crippen molar-refractivity contribution in [2.45, 2.75) is 25.8 Å². The number of rotatable bonds is 4. The Morgan fingerprint density at radius 3 is 2.56 bits per heavy atom. The number of carbonyl (C=O) groups excluding carboxylic acids is 2. The Morgan fingerprint density at radius 1 is 1.16 bits per heavy atom. The SMILES string of the molecule is CC(=O)c1ccc(N2CCC(NC(=O)Nc3cccnc3)CC2)nc1. The minimum atomic E-state index is -0.213. The number of aromatic nitrogens is 2. The number of pyridine rings is 2. The summed E-state index contributed by atoms with van der Waals surface area (Å²) >= 11 is 0. The molecule has 0 bridgehead atoms. The third-order valence-corrected chi connectivity index (χ3v) is 4.23. The van der Waals surface area contributed by atoms with E-state index >= 15 is 0 Å². The summed E-state index contributed by atoms with van der Waals surface area (Å²) < 4.78 is 0. The third kappa shape index (κ3) is 4.53. The molecule has 25 heavy (non-hydrogen) atoms. The maximum absolute atomic E-state index is 12.0. The van der Waals surface area contributed by atoms with Gasteiger partial charge in [-0.15, -0.1) is 0 Å². The van der Waals surface area contributed by atoms with E-state index in [1.807, 2.05) is 6.07 Å². The van der Waals surface area contributed by atoms with Crippen molar-refractivity contribution in [2.24, 2.45) is 0 Å². The summed E-state index contributed by atoms with van der Waals surface area (Å²) in [6.07, 6.45) is 6.57. The molecule has 2 N–H and O–H groups in total. The fourth-order valence-corrected chi connectivity index (χ4v) is 2.82. The topological polar surface area (TPSA) is 87.2 Å². The molecule has 1 saturated heterocycles. The summed E-state index contributed by atoms with van der Waals surface area (Å²) in [5.74, 6) is 0.879. The number of amides is 2. The van der Waals surface area contributed by atoms with Crippen LogP contribution in [0.3, 0.4) is 0 Å². The van der Waals surface area contributed by atoms with Gasteiger partial charge < -0.3 is 15.5 Å². The first-order valence-electron chi connectivity index (χ1n) is 8.31. The Kier molecular flexibility index (Phi) is 5.23. The summed E-state index contributed by atoms with van der Waals surface area (Å²) in [6.45, 7) is 3.15. The lowest BCUT2D eigenvalue weighted by Crippen LogP contribution is -2.46. The van der Waals surface area contributed by atoms with Crippen LogP contribution in [0.25, 0.3) is 0 Å². The van der Waals surface area contributed by atoms with Gasteiger partial charge in [-0.2, -0.15) is 0 Å². The summed E-state index contributed by atoms with van der Waals surface area (Å²) in [4.78, 5) is 33.8. The van der Waals surface area contributed by atoms with E-state index in [4.69, 9.17) is 0 Å². The van der Waals surface area contributed by atoms with E-state index in [9.17, 15) is 9.59 Å². The van der Waals surface area contributed by atoms with E-state index in [2.05, 4.69) is 25.5 Å². The molecular weight excluding hydrogens is 318 g/mol. The maximum Gasteiger partial charge on any atom is 0.319 e. The Labute approximate surface area is 146 Å². The largest absolute Gasteiger partial charge is 0.356 e. The molecule has 3 heterocycles. The van der Waals surface area contributed by atoms with Crippen LogP contribution in [0.2, 0.25) is 0 Å². The molecule has 3 rings (SSSR count). The van der Waals surface area contributed by atoms with Crippen LogP contribution < -0.4 is 15.5 Å². The van der Waals surface area contributed by atoms with E-state index in [1.54, 1.807) is 36.8 Å². The molecule has 0 radical (unpaired) electrons.